The average molecular weight is 192 g/mol. The van der Waals surface area contributed by atoms with Crippen LogP contribution in [0.5, 0.6) is 0 Å². The number of allylic oxidation sites excluding steroid dienone is 2. The molecular formula is C13H20O. The van der Waals surface area contributed by atoms with E-state index in [2.05, 4.69) is 18.7 Å². The molecule has 14 heavy (non-hydrogen) atoms. The molecule has 0 amide bonds. The summed E-state index contributed by atoms with van der Waals surface area (Å²) in [5, 5.41) is 10.6. The molecule has 78 valence electrons. The van der Waals surface area contributed by atoms with E-state index in [0.717, 1.165) is 24.8 Å². The van der Waals surface area contributed by atoms with Crippen molar-refractivity contribution < 1.29 is 5.11 Å². The summed E-state index contributed by atoms with van der Waals surface area (Å²) in [6, 6.07) is 0. The lowest BCUT2D eigenvalue weighted by molar-refractivity contribution is -0.0212. The Morgan fingerprint density at radius 3 is 3.07 bits per heavy atom. The topological polar surface area (TPSA) is 20.2 Å². The maximum atomic E-state index is 10.6. The Bertz CT molecular complexity index is 254. The molecule has 0 saturated heterocycles. The van der Waals surface area contributed by atoms with Gasteiger partial charge in [-0.05, 0) is 25.2 Å². The van der Waals surface area contributed by atoms with Gasteiger partial charge in [0.15, 0.2) is 0 Å². The Labute approximate surface area is 86.5 Å². The highest BCUT2D eigenvalue weighted by molar-refractivity contribution is 5.21. The minimum atomic E-state index is -0.447. The third kappa shape index (κ3) is 1.93. The van der Waals surface area contributed by atoms with Gasteiger partial charge in [-0.1, -0.05) is 43.6 Å². The number of aliphatic hydroxyl groups is 1. The van der Waals surface area contributed by atoms with Gasteiger partial charge in [0.2, 0.25) is 0 Å². The Kier molecular flexibility index (Phi) is 2.78. The summed E-state index contributed by atoms with van der Waals surface area (Å²) in [6.45, 7) is 3.99. The van der Waals surface area contributed by atoms with Crippen LogP contribution in [0.2, 0.25) is 0 Å². The molecule has 1 fully saturated rings. The zero-order chi connectivity index (χ0) is 10.0. The van der Waals surface area contributed by atoms with Crippen LogP contribution in [0.4, 0.5) is 0 Å². The molecule has 0 spiro atoms. The number of fused-ring (bicyclic) bond motifs is 1. The fourth-order valence-electron chi connectivity index (χ4n) is 2.89. The first-order valence-corrected chi connectivity index (χ1v) is 5.77. The summed E-state index contributed by atoms with van der Waals surface area (Å²) < 4.78 is 0. The third-order valence-electron chi connectivity index (χ3n) is 3.73. The van der Waals surface area contributed by atoms with E-state index in [4.69, 9.17) is 0 Å². The molecule has 1 heteroatoms. The maximum Gasteiger partial charge on any atom is 0.0718 e. The fourth-order valence-corrected chi connectivity index (χ4v) is 2.89. The standard InChI is InChI=1S/C13H20O/c1-11-6-5-8-12-7-3-2-4-9-13(12,14)10-11/h5-6,12,14H,1-4,7-10H2/t12-,13-/m0/s1. The van der Waals surface area contributed by atoms with E-state index in [1.54, 1.807) is 0 Å². The smallest absolute Gasteiger partial charge is 0.0718 e. The normalized spacial score (nSPS) is 38.6. The van der Waals surface area contributed by atoms with Gasteiger partial charge in [0.05, 0.1) is 5.60 Å². The van der Waals surface area contributed by atoms with Gasteiger partial charge in [-0.3, -0.25) is 0 Å². The molecule has 1 N–H and O–H groups in total. The van der Waals surface area contributed by atoms with Gasteiger partial charge in [-0.15, -0.1) is 0 Å². The van der Waals surface area contributed by atoms with Crippen LogP contribution < -0.4 is 0 Å². The molecule has 0 heterocycles. The van der Waals surface area contributed by atoms with Crippen LogP contribution in [0, 0.1) is 5.92 Å². The van der Waals surface area contributed by atoms with Crippen LogP contribution in [0.3, 0.4) is 0 Å². The Morgan fingerprint density at radius 2 is 2.21 bits per heavy atom. The van der Waals surface area contributed by atoms with Crippen LogP contribution in [-0.2, 0) is 0 Å². The molecule has 0 aromatic rings. The molecule has 2 atom stereocenters. The molecule has 0 aromatic heterocycles. The highest BCUT2D eigenvalue weighted by Gasteiger charge is 2.37. The summed E-state index contributed by atoms with van der Waals surface area (Å²) in [4.78, 5) is 0. The predicted octanol–water partition coefficient (Wildman–Crippen LogP) is 3.20. The minimum absolute atomic E-state index is 0.447. The first-order chi connectivity index (χ1) is 6.71. The summed E-state index contributed by atoms with van der Waals surface area (Å²) in [6.07, 6.45) is 12.0. The molecule has 0 radical (unpaired) electrons. The Morgan fingerprint density at radius 1 is 1.36 bits per heavy atom. The first-order valence-electron chi connectivity index (χ1n) is 5.77. The van der Waals surface area contributed by atoms with Crippen molar-refractivity contribution in [2.75, 3.05) is 0 Å². The van der Waals surface area contributed by atoms with E-state index in [-0.39, 0.29) is 0 Å². The van der Waals surface area contributed by atoms with Gasteiger partial charge < -0.3 is 5.11 Å². The highest BCUT2D eigenvalue weighted by Crippen LogP contribution is 2.40. The Hall–Kier alpha value is -0.560. The van der Waals surface area contributed by atoms with E-state index in [0.29, 0.717) is 5.92 Å². The van der Waals surface area contributed by atoms with Crippen LogP contribution in [-0.4, -0.2) is 10.7 Å². The third-order valence-corrected chi connectivity index (χ3v) is 3.73. The van der Waals surface area contributed by atoms with Crippen molar-refractivity contribution in [3.05, 3.63) is 24.3 Å². The van der Waals surface area contributed by atoms with Gasteiger partial charge in [0, 0.05) is 6.42 Å². The molecule has 1 saturated carbocycles. The van der Waals surface area contributed by atoms with Crippen molar-refractivity contribution in [1.29, 1.82) is 0 Å². The zero-order valence-corrected chi connectivity index (χ0v) is 8.84. The quantitative estimate of drug-likeness (QED) is 0.625. The van der Waals surface area contributed by atoms with Crippen LogP contribution in [0.1, 0.15) is 44.9 Å². The van der Waals surface area contributed by atoms with Crippen molar-refractivity contribution in [3.8, 4) is 0 Å². The predicted molar refractivity (Wildman–Crippen MR) is 59.0 cm³/mol. The van der Waals surface area contributed by atoms with Gasteiger partial charge in [-0.2, -0.15) is 0 Å². The van der Waals surface area contributed by atoms with Crippen molar-refractivity contribution in [3.63, 3.8) is 0 Å². The molecule has 0 bridgehead atoms. The van der Waals surface area contributed by atoms with Crippen LogP contribution in [0.25, 0.3) is 0 Å². The Balaban J connectivity index is 2.19. The highest BCUT2D eigenvalue weighted by atomic mass is 16.3. The molecule has 2 aliphatic rings. The second-order valence-electron chi connectivity index (χ2n) is 4.87. The van der Waals surface area contributed by atoms with Crippen molar-refractivity contribution >= 4 is 0 Å². The molecule has 2 aliphatic carbocycles. The van der Waals surface area contributed by atoms with Crippen molar-refractivity contribution in [2.45, 2.75) is 50.5 Å². The second kappa shape index (κ2) is 3.90. The summed E-state index contributed by atoms with van der Waals surface area (Å²) in [7, 11) is 0. The zero-order valence-electron chi connectivity index (χ0n) is 8.84. The van der Waals surface area contributed by atoms with Gasteiger partial charge in [-0.25, -0.2) is 0 Å². The largest absolute Gasteiger partial charge is 0.389 e. The summed E-state index contributed by atoms with van der Waals surface area (Å²) in [5.74, 6) is 0.473. The molecule has 0 aromatic carbocycles. The lowest BCUT2D eigenvalue weighted by Gasteiger charge is -2.33. The van der Waals surface area contributed by atoms with E-state index in [9.17, 15) is 5.11 Å². The molecule has 0 aliphatic heterocycles. The number of hydrogen-bond donors (Lipinski definition) is 1. The van der Waals surface area contributed by atoms with E-state index >= 15 is 0 Å². The van der Waals surface area contributed by atoms with Crippen molar-refractivity contribution in [1.82, 2.24) is 0 Å². The van der Waals surface area contributed by atoms with Gasteiger partial charge in [0.1, 0.15) is 0 Å². The molecular weight excluding hydrogens is 172 g/mol. The number of rotatable bonds is 0. The first kappa shape index (κ1) is 9.97. The lowest BCUT2D eigenvalue weighted by atomic mass is 9.79. The average Bonchev–Trinajstić information content (AvgIpc) is 2.35. The van der Waals surface area contributed by atoms with Crippen LogP contribution >= 0.6 is 0 Å². The summed E-state index contributed by atoms with van der Waals surface area (Å²) >= 11 is 0. The molecule has 2 rings (SSSR count). The number of hydrogen-bond acceptors (Lipinski definition) is 1. The van der Waals surface area contributed by atoms with Gasteiger partial charge in [0.25, 0.3) is 0 Å². The SMILES string of the molecule is C=C1C=CC[C@@H]2CCCCC[C@]2(O)C1. The monoisotopic (exact) mass is 192 g/mol. The van der Waals surface area contributed by atoms with E-state index in [1.807, 2.05) is 0 Å². The lowest BCUT2D eigenvalue weighted by Crippen LogP contribution is -2.36. The second-order valence-corrected chi connectivity index (χ2v) is 4.87. The van der Waals surface area contributed by atoms with E-state index < -0.39 is 5.60 Å². The fraction of sp³-hybridized carbons (Fsp3) is 0.692. The van der Waals surface area contributed by atoms with Crippen LogP contribution in [0.15, 0.2) is 24.3 Å². The maximum absolute atomic E-state index is 10.6. The summed E-state index contributed by atoms with van der Waals surface area (Å²) in [5.41, 5.74) is 0.647. The van der Waals surface area contributed by atoms with Gasteiger partial charge >= 0.3 is 0 Å². The molecule has 1 nitrogen and oxygen atoms in total. The van der Waals surface area contributed by atoms with Crippen molar-refractivity contribution in [2.24, 2.45) is 5.92 Å². The van der Waals surface area contributed by atoms with E-state index in [1.165, 1.54) is 25.7 Å². The molecule has 0 unspecified atom stereocenters. The minimum Gasteiger partial charge on any atom is -0.389 e.